The second-order valence-electron chi connectivity index (χ2n) is 6.53. The van der Waals surface area contributed by atoms with Crippen molar-refractivity contribution in [2.75, 3.05) is 26.2 Å². The van der Waals surface area contributed by atoms with Gasteiger partial charge in [-0.3, -0.25) is 0 Å². The van der Waals surface area contributed by atoms with Gasteiger partial charge in [-0.15, -0.1) is 11.3 Å². The summed E-state index contributed by atoms with van der Waals surface area (Å²) in [6.07, 6.45) is 1.29. The third-order valence-corrected chi connectivity index (χ3v) is 5.50. The van der Waals surface area contributed by atoms with E-state index >= 15 is 0 Å². The van der Waals surface area contributed by atoms with Crippen LogP contribution in [-0.2, 0) is 5.41 Å². The maximum atomic E-state index is 3.62. The first-order valence-electron chi connectivity index (χ1n) is 7.52. The molecule has 1 aromatic rings. The average molecular weight is 280 g/mol. The summed E-state index contributed by atoms with van der Waals surface area (Å²) in [6, 6.07) is 5.16. The molecule has 1 aliphatic heterocycles. The quantitative estimate of drug-likeness (QED) is 0.890. The fourth-order valence-electron chi connectivity index (χ4n) is 3.24. The van der Waals surface area contributed by atoms with Crippen LogP contribution in [0.3, 0.4) is 0 Å². The number of nitrogens with zero attached hydrogens (tertiary/aromatic N) is 1. The summed E-state index contributed by atoms with van der Waals surface area (Å²) in [4.78, 5) is 4.16. The Morgan fingerprint density at radius 1 is 1.47 bits per heavy atom. The number of thiophene rings is 1. The first kappa shape index (κ1) is 15.0. The Kier molecular flexibility index (Phi) is 5.04. The van der Waals surface area contributed by atoms with Crippen LogP contribution in [0, 0.1) is 5.92 Å². The lowest BCUT2D eigenvalue weighted by Crippen LogP contribution is -2.50. The molecule has 0 bridgehead atoms. The topological polar surface area (TPSA) is 15.3 Å². The molecule has 0 saturated carbocycles. The first-order valence-corrected chi connectivity index (χ1v) is 8.40. The fraction of sp³-hybridized carbons (Fsp3) is 0.750. The van der Waals surface area contributed by atoms with Crippen LogP contribution < -0.4 is 5.32 Å². The van der Waals surface area contributed by atoms with Crippen molar-refractivity contribution in [1.29, 1.82) is 0 Å². The van der Waals surface area contributed by atoms with Gasteiger partial charge in [-0.25, -0.2) is 0 Å². The number of hydrogen-bond acceptors (Lipinski definition) is 3. The molecule has 2 nitrogen and oxygen atoms in total. The second kappa shape index (κ2) is 6.38. The van der Waals surface area contributed by atoms with Crippen molar-refractivity contribution in [3.63, 3.8) is 0 Å². The predicted octanol–water partition coefficient (Wildman–Crippen LogP) is 3.35. The van der Waals surface area contributed by atoms with Crippen LogP contribution in [0.25, 0.3) is 0 Å². The van der Waals surface area contributed by atoms with E-state index in [1.165, 1.54) is 30.9 Å². The Bertz CT molecular complexity index is 372. The number of rotatable bonds is 5. The van der Waals surface area contributed by atoms with Crippen molar-refractivity contribution in [3.8, 4) is 0 Å². The van der Waals surface area contributed by atoms with Crippen LogP contribution in [0.1, 0.15) is 39.0 Å². The molecule has 2 rings (SSSR count). The molecule has 0 radical (unpaired) electrons. The largest absolute Gasteiger partial charge is 0.314 e. The Morgan fingerprint density at radius 3 is 2.84 bits per heavy atom. The van der Waals surface area contributed by atoms with Gasteiger partial charge in [0, 0.05) is 29.4 Å². The minimum atomic E-state index is 0.277. The van der Waals surface area contributed by atoms with Crippen LogP contribution in [0.15, 0.2) is 17.5 Å². The summed E-state index contributed by atoms with van der Waals surface area (Å²) in [7, 11) is 0. The van der Waals surface area contributed by atoms with Crippen LogP contribution in [-0.4, -0.2) is 37.1 Å². The van der Waals surface area contributed by atoms with E-state index in [2.05, 4.69) is 55.4 Å². The normalized spacial score (nSPS) is 25.7. The maximum absolute atomic E-state index is 3.62. The van der Waals surface area contributed by atoms with Gasteiger partial charge < -0.3 is 10.2 Å². The van der Waals surface area contributed by atoms with E-state index in [1.54, 1.807) is 0 Å². The van der Waals surface area contributed by atoms with Crippen LogP contribution >= 0.6 is 11.3 Å². The highest BCUT2D eigenvalue weighted by atomic mass is 32.1. The van der Waals surface area contributed by atoms with E-state index in [0.717, 1.165) is 12.5 Å². The predicted molar refractivity (Wildman–Crippen MR) is 85.0 cm³/mol. The summed E-state index contributed by atoms with van der Waals surface area (Å²) >= 11 is 1.89. The molecular formula is C16H28N2S. The number of piperidine rings is 1. The number of nitrogens with one attached hydrogen (secondary N) is 1. The van der Waals surface area contributed by atoms with Crippen molar-refractivity contribution < 1.29 is 0 Å². The van der Waals surface area contributed by atoms with Gasteiger partial charge in [-0.1, -0.05) is 33.8 Å². The van der Waals surface area contributed by atoms with E-state index in [-0.39, 0.29) is 5.41 Å². The minimum absolute atomic E-state index is 0.277. The molecule has 108 valence electrons. The monoisotopic (exact) mass is 280 g/mol. The van der Waals surface area contributed by atoms with Gasteiger partial charge in [0.05, 0.1) is 0 Å². The molecule has 1 saturated heterocycles. The Hall–Kier alpha value is -0.380. The van der Waals surface area contributed by atoms with Crippen LogP contribution in [0.5, 0.6) is 0 Å². The molecule has 19 heavy (non-hydrogen) atoms. The van der Waals surface area contributed by atoms with Gasteiger partial charge in [-0.2, -0.15) is 0 Å². The highest BCUT2D eigenvalue weighted by Gasteiger charge is 2.30. The lowest BCUT2D eigenvalue weighted by atomic mass is 9.87. The summed E-state index contributed by atoms with van der Waals surface area (Å²) in [5.74, 6) is 0.757. The van der Waals surface area contributed by atoms with E-state index in [1.807, 2.05) is 11.3 Å². The number of likely N-dealkylation sites (tertiary alicyclic amines) is 1. The van der Waals surface area contributed by atoms with Crippen LogP contribution in [0.4, 0.5) is 0 Å². The van der Waals surface area contributed by atoms with Gasteiger partial charge >= 0.3 is 0 Å². The molecule has 3 heteroatoms. The average Bonchev–Trinajstić information content (AvgIpc) is 2.87. The lowest BCUT2D eigenvalue weighted by Gasteiger charge is -2.40. The summed E-state index contributed by atoms with van der Waals surface area (Å²) in [6.45, 7) is 14.1. The van der Waals surface area contributed by atoms with Crippen molar-refractivity contribution in [1.82, 2.24) is 10.2 Å². The van der Waals surface area contributed by atoms with Crippen molar-refractivity contribution in [2.24, 2.45) is 5.92 Å². The third kappa shape index (κ3) is 3.80. The molecular weight excluding hydrogens is 252 g/mol. The van der Waals surface area contributed by atoms with E-state index < -0.39 is 0 Å². The molecule has 1 aromatic heterocycles. The van der Waals surface area contributed by atoms with Gasteiger partial charge in [-0.05, 0) is 36.9 Å². The zero-order valence-electron chi connectivity index (χ0n) is 12.8. The van der Waals surface area contributed by atoms with E-state index in [9.17, 15) is 0 Å². The SMILES string of the molecule is CCNC1CCN(CC(C)(C)c2cccs2)CC1C. The molecule has 0 aliphatic carbocycles. The van der Waals surface area contributed by atoms with Crippen molar-refractivity contribution >= 4 is 11.3 Å². The molecule has 0 aromatic carbocycles. The minimum Gasteiger partial charge on any atom is -0.314 e. The van der Waals surface area contributed by atoms with Crippen molar-refractivity contribution in [3.05, 3.63) is 22.4 Å². The second-order valence-corrected chi connectivity index (χ2v) is 7.47. The third-order valence-electron chi connectivity index (χ3n) is 4.26. The smallest absolute Gasteiger partial charge is 0.0118 e. The Morgan fingerprint density at radius 2 is 2.26 bits per heavy atom. The van der Waals surface area contributed by atoms with E-state index in [0.29, 0.717) is 6.04 Å². The van der Waals surface area contributed by atoms with Gasteiger partial charge in [0.15, 0.2) is 0 Å². The van der Waals surface area contributed by atoms with Gasteiger partial charge in [0.1, 0.15) is 0 Å². The van der Waals surface area contributed by atoms with Crippen molar-refractivity contribution in [2.45, 2.75) is 45.6 Å². The standard InChI is InChI=1S/C16H28N2S/c1-5-17-14-8-9-18(11-13(14)2)12-16(3,4)15-7-6-10-19-15/h6-7,10,13-14,17H,5,8-9,11-12H2,1-4H3. The molecule has 0 spiro atoms. The molecule has 1 fully saturated rings. The number of hydrogen-bond donors (Lipinski definition) is 1. The summed E-state index contributed by atoms with van der Waals surface area (Å²) < 4.78 is 0. The molecule has 2 atom stereocenters. The summed E-state index contributed by atoms with van der Waals surface area (Å²) in [5.41, 5.74) is 0.277. The molecule has 1 N–H and O–H groups in total. The Labute approximate surface area is 122 Å². The zero-order chi connectivity index (χ0) is 13.9. The molecule has 1 aliphatic rings. The maximum Gasteiger partial charge on any atom is 0.0118 e. The molecule has 2 unspecified atom stereocenters. The van der Waals surface area contributed by atoms with E-state index in [4.69, 9.17) is 0 Å². The Balaban J connectivity index is 1.91. The molecule has 0 amide bonds. The highest BCUT2D eigenvalue weighted by Crippen LogP contribution is 2.30. The molecule has 2 heterocycles. The highest BCUT2D eigenvalue weighted by molar-refractivity contribution is 7.10. The van der Waals surface area contributed by atoms with Crippen LogP contribution in [0.2, 0.25) is 0 Å². The first-order chi connectivity index (χ1) is 9.03. The van der Waals surface area contributed by atoms with Gasteiger partial charge in [0.25, 0.3) is 0 Å². The van der Waals surface area contributed by atoms with Gasteiger partial charge in [0.2, 0.25) is 0 Å². The fourth-order valence-corrected chi connectivity index (χ4v) is 4.09. The zero-order valence-corrected chi connectivity index (χ0v) is 13.6. The summed E-state index contributed by atoms with van der Waals surface area (Å²) in [5, 5.41) is 5.81. The lowest BCUT2D eigenvalue weighted by molar-refractivity contribution is 0.127.